The van der Waals surface area contributed by atoms with Crippen LogP contribution >= 0.6 is 0 Å². The van der Waals surface area contributed by atoms with Gasteiger partial charge in [0.1, 0.15) is 0 Å². The van der Waals surface area contributed by atoms with Crippen LogP contribution in [0.1, 0.15) is 51.4 Å². The maximum atomic E-state index is 12.0. The Kier molecular flexibility index (Phi) is 3.85. The first-order valence-corrected chi connectivity index (χ1v) is 7.42. The lowest BCUT2D eigenvalue weighted by molar-refractivity contribution is -0.301. The molecule has 3 rings (SSSR count). The van der Waals surface area contributed by atoms with Crippen molar-refractivity contribution < 1.29 is 14.4 Å². The fraction of sp³-hybridized carbons (Fsp3) is 0.929. The first-order valence-electron chi connectivity index (χ1n) is 7.42. The summed E-state index contributed by atoms with van der Waals surface area (Å²) < 4.78 is 5.49. The van der Waals surface area contributed by atoms with Gasteiger partial charge in [-0.15, -0.1) is 0 Å². The second kappa shape index (κ2) is 5.57. The number of hydrogen-bond donors (Lipinski definition) is 0. The van der Waals surface area contributed by atoms with Crippen LogP contribution in [0.4, 0.5) is 0 Å². The number of carbonyl (C=O) groups is 1. The number of ether oxygens (including phenoxy) is 1. The molecule has 0 radical (unpaired) electrons. The Morgan fingerprint density at radius 1 is 1.17 bits per heavy atom. The zero-order valence-corrected chi connectivity index (χ0v) is 11.0. The van der Waals surface area contributed by atoms with Crippen molar-refractivity contribution in [3.63, 3.8) is 0 Å². The highest BCUT2D eigenvalue weighted by atomic mass is 16.8. The first-order chi connectivity index (χ1) is 8.83. The number of nitrogens with zero attached hydrogens (tertiary/aromatic N) is 1. The predicted molar refractivity (Wildman–Crippen MR) is 66.5 cm³/mol. The van der Waals surface area contributed by atoms with Gasteiger partial charge in [0.05, 0.1) is 12.5 Å². The number of hydrogen-bond acceptors (Lipinski definition) is 3. The van der Waals surface area contributed by atoms with E-state index < -0.39 is 0 Å². The molecule has 3 aliphatic rings. The minimum atomic E-state index is -0.185. The average Bonchev–Trinajstić information content (AvgIpc) is 2.91. The molecule has 0 aromatic carbocycles. The van der Waals surface area contributed by atoms with Crippen molar-refractivity contribution in [2.45, 2.75) is 57.7 Å². The molecular formula is C14H23NO3. The highest BCUT2D eigenvalue weighted by Gasteiger charge is 2.40. The molecule has 102 valence electrons. The van der Waals surface area contributed by atoms with E-state index in [0.29, 0.717) is 0 Å². The zero-order chi connectivity index (χ0) is 12.4. The highest BCUT2D eigenvalue weighted by molar-refractivity contribution is 5.83. The fourth-order valence-electron chi connectivity index (χ4n) is 3.31. The van der Waals surface area contributed by atoms with Gasteiger partial charge in [0.15, 0.2) is 6.29 Å². The minimum Gasteiger partial charge on any atom is -0.350 e. The largest absolute Gasteiger partial charge is 0.350 e. The summed E-state index contributed by atoms with van der Waals surface area (Å²) in [6.07, 6.45) is 9.38. The van der Waals surface area contributed by atoms with Crippen LogP contribution in [-0.4, -0.2) is 30.4 Å². The number of β-lactam (4-membered cyclic amide) rings is 1. The molecule has 0 N–H and O–H groups in total. The van der Waals surface area contributed by atoms with Crippen molar-refractivity contribution in [1.29, 1.82) is 0 Å². The third-order valence-corrected chi connectivity index (χ3v) is 4.46. The van der Waals surface area contributed by atoms with E-state index in [1.54, 1.807) is 0 Å². The van der Waals surface area contributed by atoms with Gasteiger partial charge >= 0.3 is 0 Å². The monoisotopic (exact) mass is 253 g/mol. The summed E-state index contributed by atoms with van der Waals surface area (Å²) in [5, 5.41) is 1.52. The van der Waals surface area contributed by atoms with E-state index in [9.17, 15) is 4.79 Å². The second-order valence-electron chi connectivity index (χ2n) is 5.88. The van der Waals surface area contributed by atoms with Crippen LogP contribution in [0.15, 0.2) is 0 Å². The Hall–Kier alpha value is -0.610. The van der Waals surface area contributed by atoms with E-state index >= 15 is 0 Å². The Balaban J connectivity index is 1.40. The third-order valence-electron chi connectivity index (χ3n) is 4.46. The maximum absolute atomic E-state index is 12.0. The summed E-state index contributed by atoms with van der Waals surface area (Å²) in [6.45, 7) is 1.54. The highest BCUT2D eigenvalue weighted by Crippen LogP contribution is 2.34. The number of hydroxylamine groups is 2. The van der Waals surface area contributed by atoms with Crippen LogP contribution in [-0.2, 0) is 14.4 Å². The Bertz CT molecular complexity index is 295. The van der Waals surface area contributed by atoms with Gasteiger partial charge in [0, 0.05) is 13.0 Å². The van der Waals surface area contributed by atoms with Gasteiger partial charge in [0.2, 0.25) is 0 Å². The van der Waals surface area contributed by atoms with Crippen LogP contribution in [0.3, 0.4) is 0 Å². The molecule has 2 aliphatic heterocycles. The first kappa shape index (κ1) is 12.4. The van der Waals surface area contributed by atoms with Crippen molar-refractivity contribution in [2.24, 2.45) is 11.8 Å². The van der Waals surface area contributed by atoms with E-state index in [4.69, 9.17) is 9.57 Å². The SMILES string of the molecule is O=C1[C@H](CC2CCCC2)CN1O[C@@H]1CCCCO1. The summed E-state index contributed by atoms with van der Waals surface area (Å²) in [4.78, 5) is 17.6. The van der Waals surface area contributed by atoms with E-state index in [2.05, 4.69) is 0 Å². The van der Waals surface area contributed by atoms with Gasteiger partial charge in [-0.3, -0.25) is 4.79 Å². The summed E-state index contributed by atoms with van der Waals surface area (Å²) in [7, 11) is 0. The molecule has 4 nitrogen and oxygen atoms in total. The topological polar surface area (TPSA) is 38.8 Å². The molecule has 18 heavy (non-hydrogen) atoms. The van der Waals surface area contributed by atoms with Crippen molar-refractivity contribution in [2.75, 3.05) is 13.2 Å². The smallest absolute Gasteiger partial charge is 0.251 e. The standard InChI is InChI=1S/C14H23NO3/c16-14-12(9-11-5-1-2-6-11)10-15(14)18-13-7-3-4-8-17-13/h11-13H,1-10H2/t12-,13-/m1/s1. The van der Waals surface area contributed by atoms with Gasteiger partial charge in [0.25, 0.3) is 5.91 Å². The van der Waals surface area contributed by atoms with Crippen molar-refractivity contribution in [3.8, 4) is 0 Å². The molecule has 1 amide bonds. The van der Waals surface area contributed by atoms with Gasteiger partial charge in [-0.05, 0) is 25.2 Å². The van der Waals surface area contributed by atoms with Gasteiger partial charge < -0.3 is 4.74 Å². The molecule has 2 atom stereocenters. The normalized spacial score (nSPS) is 33.8. The van der Waals surface area contributed by atoms with Gasteiger partial charge in [-0.2, -0.15) is 0 Å². The molecule has 4 heteroatoms. The third kappa shape index (κ3) is 2.69. The van der Waals surface area contributed by atoms with E-state index in [-0.39, 0.29) is 18.1 Å². The maximum Gasteiger partial charge on any atom is 0.251 e. The quantitative estimate of drug-likeness (QED) is 0.722. The molecular weight excluding hydrogens is 230 g/mol. The van der Waals surface area contributed by atoms with Crippen LogP contribution < -0.4 is 0 Å². The molecule has 3 fully saturated rings. The zero-order valence-electron chi connectivity index (χ0n) is 11.0. The number of amides is 1. The molecule has 2 heterocycles. The Labute approximate surface area is 109 Å². The van der Waals surface area contributed by atoms with Crippen LogP contribution in [0, 0.1) is 11.8 Å². The summed E-state index contributed by atoms with van der Waals surface area (Å²) in [5.74, 6) is 1.18. The van der Waals surface area contributed by atoms with E-state index in [1.807, 2.05) is 0 Å². The lowest BCUT2D eigenvalue weighted by Crippen LogP contribution is -2.54. The van der Waals surface area contributed by atoms with Gasteiger partial charge in [-0.25, -0.2) is 9.90 Å². The Morgan fingerprint density at radius 2 is 1.94 bits per heavy atom. The van der Waals surface area contributed by atoms with Crippen LogP contribution in [0.25, 0.3) is 0 Å². The molecule has 0 unspecified atom stereocenters. The average molecular weight is 253 g/mol. The molecule has 0 aromatic rings. The lowest BCUT2D eigenvalue weighted by atomic mass is 9.88. The summed E-state index contributed by atoms with van der Waals surface area (Å²) >= 11 is 0. The predicted octanol–water partition coefficient (Wildman–Crippen LogP) is 2.48. The molecule has 1 saturated carbocycles. The van der Waals surface area contributed by atoms with Crippen molar-refractivity contribution >= 4 is 5.91 Å². The van der Waals surface area contributed by atoms with Gasteiger partial charge in [-0.1, -0.05) is 25.7 Å². The molecule has 2 saturated heterocycles. The van der Waals surface area contributed by atoms with Crippen LogP contribution in [0.2, 0.25) is 0 Å². The minimum absolute atomic E-state index is 0.177. The number of carbonyl (C=O) groups excluding carboxylic acids is 1. The lowest BCUT2D eigenvalue weighted by Gasteiger charge is -2.40. The summed E-state index contributed by atoms with van der Waals surface area (Å²) in [5.41, 5.74) is 0. The fourth-order valence-corrected chi connectivity index (χ4v) is 3.31. The second-order valence-corrected chi connectivity index (χ2v) is 5.88. The van der Waals surface area contributed by atoms with Crippen molar-refractivity contribution in [1.82, 2.24) is 5.06 Å². The molecule has 1 aliphatic carbocycles. The molecule has 0 bridgehead atoms. The molecule has 0 aromatic heterocycles. The number of rotatable bonds is 4. The Morgan fingerprint density at radius 3 is 2.61 bits per heavy atom. The summed E-state index contributed by atoms with van der Waals surface area (Å²) in [6, 6.07) is 0. The van der Waals surface area contributed by atoms with Crippen LogP contribution in [0.5, 0.6) is 0 Å². The van der Waals surface area contributed by atoms with E-state index in [1.165, 1.54) is 30.7 Å². The van der Waals surface area contributed by atoms with Crippen molar-refractivity contribution in [3.05, 3.63) is 0 Å². The van der Waals surface area contributed by atoms with E-state index in [0.717, 1.165) is 44.8 Å². The molecule has 0 spiro atoms.